The van der Waals surface area contributed by atoms with Gasteiger partial charge < -0.3 is 9.30 Å². The van der Waals surface area contributed by atoms with Gasteiger partial charge in [0.05, 0.1) is 23.0 Å². The number of rotatable bonds is 6. The van der Waals surface area contributed by atoms with Crippen LogP contribution < -0.4 is 9.54 Å². The Morgan fingerprint density at radius 1 is 1.12 bits per heavy atom. The molecule has 24 heavy (non-hydrogen) atoms. The molecule has 0 atom stereocenters. The molecule has 3 rings (SSSR count). The molecule has 0 amide bonds. The van der Waals surface area contributed by atoms with Crippen LogP contribution >= 0.6 is 11.3 Å². The molecule has 0 radical (unpaired) electrons. The van der Waals surface area contributed by atoms with E-state index in [-0.39, 0.29) is 0 Å². The minimum absolute atomic E-state index is 0.766. The van der Waals surface area contributed by atoms with E-state index in [1.54, 1.807) is 17.6 Å². The van der Waals surface area contributed by atoms with Crippen molar-refractivity contribution >= 4 is 27.8 Å². The first kappa shape index (κ1) is 16.5. The second-order valence-corrected chi connectivity index (χ2v) is 6.54. The Morgan fingerprint density at radius 2 is 1.92 bits per heavy atom. The summed E-state index contributed by atoms with van der Waals surface area (Å²) in [7, 11) is 2.01. The summed E-state index contributed by atoms with van der Waals surface area (Å²) in [6.07, 6.45) is 3.98. The van der Waals surface area contributed by atoms with Gasteiger partial charge in [0.1, 0.15) is 5.75 Å². The van der Waals surface area contributed by atoms with E-state index < -0.39 is 0 Å². The maximum absolute atomic E-state index is 5.65. The number of aromatic nitrogens is 1. The van der Waals surface area contributed by atoms with Gasteiger partial charge in [0.2, 0.25) is 4.80 Å². The highest BCUT2D eigenvalue weighted by atomic mass is 32.1. The molecule has 3 aromatic rings. The van der Waals surface area contributed by atoms with Gasteiger partial charge in [-0.2, -0.15) is 5.10 Å². The molecule has 0 aliphatic rings. The largest absolute Gasteiger partial charge is 0.494 e. The maximum Gasteiger partial charge on any atom is 0.211 e. The van der Waals surface area contributed by atoms with E-state index in [2.05, 4.69) is 33.8 Å². The molecule has 1 aromatic heterocycles. The Kier molecular flexibility index (Phi) is 5.43. The fourth-order valence-electron chi connectivity index (χ4n) is 2.31. The summed E-state index contributed by atoms with van der Waals surface area (Å²) < 4.78 is 8.92. The van der Waals surface area contributed by atoms with E-state index in [1.807, 2.05) is 43.4 Å². The predicted octanol–water partition coefficient (Wildman–Crippen LogP) is 4.35. The molecule has 0 bridgehead atoms. The zero-order chi connectivity index (χ0) is 16.8. The van der Waals surface area contributed by atoms with Gasteiger partial charge in [0.25, 0.3) is 0 Å². The zero-order valence-electron chi connectivity index (χ0n) is 14.0. The second-order valence-electron chi connectivity index (χ2n) is 5.53. The molecule has 5 heteroatoms. The van der Waals surface area contributed by atoms with E-state index in [9.17, 15) is 0 Å². The first-order valence-electron chi connectivity index (χ1n) is 8.12. The first-order valence-corrected chi connectivity index (χ1v) is 8.94. The fraction of sp³-hybridized carbons (Fsp3) is 0.263. The third-order valence-corrected chi connectivity index (χ3v) is 4.81. The number of thiazole rings is 1. The van der Waals surface area contributed by atoms with Crippen molar-refractivity contribution in [1.82, 2.24) is 4.57 Å². The number of nitrogens with zero attached hydrogens (tertiary/aromatic N) is 3. The van der Waals surface area contributed by atoms with E-state index in [0.29, 0.717) is 0 Å². The zero-order valence-corrected chi connectivity index (χ0v) is 14.8. The Balaban J connectivity index is 1.72. The average molecular weight is 339 g/mol. The third-order valence-electron chi connectivity index (χ3n) is 3.71. The minimum Gasteiger partial charge on any atom is -0.494 e. The van der Waals surface area contributed by atoms with Crippen molar-refractivity contribution in [2.24, 2.45) is 17.3 Å². The molecule has 124 valence electrons. The number of ether oxygens (including phenoxy) is 1. The summed E-state index contributed by atoms with van der Waals surface area (Å²) in [5.41, 5.74) is 2.18. The number of hydrogen-bond donors (Lipinski definition) is 0. The molecule has 0 aliphatic heterocycles. The maximum atomic E-state index is 5.65. The quantitative estimate of drug-likeness (QED) is 0.374. The highest BCUT2D eigenvalue weighted by molar-refractivity contribution is 7.16. The molecule has 0 unspecified atom stereocenters. The summed E-state index contributed by atoms with van der Waals surface area (Å²) >= 11 is 1.64. The number of unbranched alkanes of at least 4 members (excludes halogenated alkanes) is 1. The van der Waals surface area contributed by atoms with Crippen molar-refractivity contribution < 1.29 is 4.74 Å². The van der Waals surface area contributed by atoms with Crippen LogP contribution in [-0.2, 0) is 7.05 Å². The normalized spacial score (nSPS) is 12.3. The summed E-state index contributed by atoms with van der Waals surface area (Å²) in [5.74, 6) is 0.897. The molecular formula is C19H21N3OS. The van der Waals surface area contributed by atoms with Crippen LogP contribution in [0, 0.1) is 0 Å². The summed E-state index contributed by atoms with van der Waals surface area (Å²) in [4.78, 5) is 0.881. The standard InChI is InChI=1S/C19H21N3OS/c1-3-4-13-23-16-11-9-15(10-12-16)14-20-21-19-22(2)17-7-5-6-8-18(17)24-19/h5-12,14H,3-4,13H2,1-2H3/b20-14-,21-19+. The fourth-order valence-corrected chi connectivity index (χ4v) is 3.28. The van der Waals surface area contributed by atoms with Crippen LogP contribution in [0.3, 0.4) is 0 Å². The minimum atomic E-state index is 0.766. The van der Waals surface area contributed by atoms with Crippen molar-refractivity contribution in [3.05, 3.63) is 58.9 Å². The number of para-hydroxylation sites is 1. The van der Waals surface area contributed by atoms with Crippen LogP contribution in [0.1, 0.15) is 25.3 Å². The first-order chi connectivity index (χ1) is 11.8. The van der Waals surface area contributed by atoms with Crippen molar-refractivity contribution in [2.75, 3.05) is 6.61 Å². The summed E-state index contributed by atoms with van der Waals surface area (Å²) in [5, 5.41) is 8.56. The van der Waals surface area contributed by atoms with Crippen molar-refractivity contribution in [3.8, 4) is 5.75 Å². The molecule has 0 aliphatic carbocycles. The Morgan fingerprint density at radius 3 is 2.67 bits per heavy atom. The van der Waals surface area contributed by atoms with Crippen LogP contribution in [-0.4, -0.2) is 17.4 Å². The highest BCUT2D eigenvalue weighted by Gasteiger charge is 2.00. The Hall–Kier alpha value is -2.40. The summed E-state index contributed by atoms with van der Waals surface area (Å²) in [6, 6.07) is 16.2. The monoisotopic (exact) mass is 339 g/mol. The Labute approximate surface area is 145 Å². The SMILES string of the molecule is CCCCOc1ccc(/C=N\N=c2\sc3ccccc3n2C)cc1. The topological polar surface area (TPSA) is 38.9 Å². The van der Waals surface area contributed by atoms with Gasteiger partial charge in [-0.25, -0.2) is 0 Å². The van der Waals surface area contributed by atoms with Crippen LogP contribution in [0.4, 0.5) is 0 Å². The van der Waals surface area contributed by atoms with Crippen LogP contribution in [0.5, 0.6) is 5.75 Å². The van der Waals surface area contributed by atoms with E-state index in [0.717, 1.165) is 35.6 Å². The van der Waals surface area contributed by atoms with Crippen molar-refractivity contribution in [1.29, 1.82) is 0 Å². The lowest BCUT2D eigenvalue weighted by atomic mass is 10.2. The lowest BCUT2D eigenvalue weighted by molar-refractivity contribution is 0.309. The molecule has 1 heterocycles. The number of benzene rings is 2. The third kappa shape index (κ3) is 3.92. The molecule has 0 fully saturated rings. The van der Waals surface area contributed by atoms with E-state index >= 15 is 0 Å². The van der Waals surface area contributed by atoms with Gasteiger partial charge in [-0.15, -0.1) is 5.10 Å². The van der Waals surface area contributed by atoms with Crippen molar-refractivity contribution in [2.45, 2.75) is 19.8 Å². The van der Waals surface area contributed by atoms with Gasteiger partial charge in [0.15, 0.2) is 0 Å². The highest BCUT2D eigenvalue weighted by Crippen LogP contribution is 2.15. The van der Waals surface area contributed by atoms with Crippen molar-refractivity contribution in [3.63, 3.8) is 0 Å². The van der Waals surface area contributed by atoms with Gasteiger partial charge in [-0.1, -0.05) is 36.8 Å². The van der Waals surface area contributed by atoms with Gasteiger partial charge in [0, 0.05) is 7.05 Å². The Bertz CT molecular complexity index is 891. The van der Waals surface area contributed by atoms with Gasteiger partial charge in [-0.3, -0.25) is 0 Å². The second kappa shape index (κ2) is 7.93. The average Bonchev–Trinajstić information content (AvgIpc) is 2.93. The van der Waals surface area contributed by atoms with Crippen LogP contribution in [0.25, 0.3) is 10.2 Å². The molecule has 0 N–H and O–H groups in total. The number of fused-ring (bicyclic) bond motifs is 1. The molecular weight excluding hydrogens is 318 g/mol. The van der Waals surface area contributed by atoms with E-state index in [1.165, 1.54) is 10.2 Å². The molecule has 0 saturated carbocycles. The molecule has 2 aromatic carbocycles. The van der Waals surface area contributed by atoms with Gasteiger partial charge >= 0.3 is 0 Å². The lowest BCUT2D eigenvalue weighted by Crippen LogP contribution is -2.08. The number of aryl methyl sites for hydroxylation is 1. The molecule has 4 nitrogen and oxygen atoms in total. The van der Waals surface area contributed by atoms with E-state index in [4.69, 9.17) is 4.74 Å². The molecule has 0 spiro atoms. The van der Waals surface area contributed by atoms with Gasteiger partial charge in [-0.05, 0) is 48.4 Å². The molecule has 0 saturated heterocycles. The number of hydrogen-bond acceptors (Lipinski definition) is 4. The predicted molar refractivity (Wildman–Crippen MR) is 101 cm³/mol. The smallest absolute Gasteiger partial charge is 0.211 e. The van der Waals surface area contributed by atoms with Crippen LogP contribution in [0.15, 0.2) is 58.7 Å². The van der Waals surface area contributed by atoms with Crippen LogP contribution in [0.2, 0.25) is 0 Å². The summed E-state index contributed by atoms with van der Waals surface area (Å²) in [6.45, 7) is 2.92. The lowest BCUT2D eigenvalue weighted by Gasteiger charge is -2.04.